The van der Waals surface area contributed by atoms with Crippen LogP contribution in [0.5, 0.6) is 11.5 Å². The van der Waals surface area contributed by atoms with E-state index in [4.69, 9.17) is 9.47 Å². The monoisotopic (exact) mass is 444 g/mol. The number of ketones is 1. The Bertz CT molecular complexity index is 1240. The lowest BCUT2D eigenvalue weighted by Crippen LogP contribution is -2.30. The quantitative estimate of drug-likeness (QED) is 0.358. The molecule has 1 atom stereocenters. The third-order valence-electron chi connectivity index (χ3n) is 5.72. The molecule has 3 aromatic rings. The van der Waals surface area contributed by atoms with Gasteiger partial charge in [0.1, 0.15) is 22.8 Å². The summed E-state index contributed by atoms with van der Waals surface area (Å²) in [7, 11) is 2.91. The SMILES string of the molecule is COc1cccc(OC)c1/C(O)=C1\C(=O)C(=O)N(c2ccc(C)cc2C)C1c1cccnc1. The van der Waals surface area contributed by atoms with E-state index < -0.39 is 17.7 Å². The second kappa shape index (κ2) is 8.78. The average Bonchev–Trinajstić information content (AvgIpc) is 3.09. The summed E-state index contributed by atoms with van der Waals surface area (Å²) in [5.41, 5.74) is 3.19. The van der Waals surface area contributed by atoms with Gasteiger partial charge in [-0.3, -0.25) is 19.5 Å². The van der Waals surface area contributed by atoms with E-state index in [0.29, 0.717) is 22.7 Å². The smallest absolute Gasteiger partial charge is 0.300 e. The van der Waals surface area contributed by atoms with Crippen molar-refractivity contribution >= 4 is 23.1 Å². The van der Waals surface area contributed by atoms with Gasteiger partial charge in [-0.05, 0) is 49.2 Å². The number of aromatic nitrogens is 1. The van der Waals surface area contributed by atoms with Crippen LogP contribution in [0.2, 0.25) is 0 Å². The number of anilines is 1. The number of aliphatic hydroxyl groups excluding tert-OH is 1. The van der Waals surface area contributed by atoms with Crippen molar-refractivity contribution in [1.82, 2.24) is 4.98 Å². The lowest BCUT2D eigenvalue weighted by molar-refractivity contribution is -0.132. The number of aliphatic hydroxyl groups is 1. The number of carbonyl (C=O) groups is 2. The first-order valence-electron chi connectivity index (χ1n) is 10.4. The molecule has 4 rings (SSSR count). The minimum absolute atomic E-state index is 0.0595. The summed E-state index contributed by atoms with van der Waals surface area (Å²) in [5, 5.41) is 11.4. The van der Waals surface area contributed by atoms with Crippen molar-refractivity contribution in [3.8, 4) is 11.5 Å². The van der Waals surface area contributed by atoms with E-state index >= 15 is 0 Å². The summed E-state index contributed by atoms with van der Waals surface area (Å²) in [6.07, 6.45) is 3.19. The molecule has 0 saturated carbocycles. The van der Waals surface area contributed by atoms with Gasteiger partial charge in [0, 0.05) is 18.1 Å². The number of benzene rings is 2. The molecule has 0 bridgehead atoms. The van der Waals surface area contributed by atoms with Gasteiger partial charge in [-0.2, -0.15) is 0 Å². The van der Waals surface area contributed by atoms with E-state index in [0.717, 1.165) is 11.1 Å². The summed E-state index contributed by atoms with van der Waals surface area (Å²) in [4.78, 5) is 32.3. The zero-order chi connectivity index (χ0) is 23.7. The Kier molecular flexibility index (Phi) is 5.87. The van der Waals surface area contributed by atoms with Crippen LogP contribution >= 0.6 is 0 Å². The van der Waals surface area contributed by atoms with Crippen molar-refractivity contribution in [3.63, 3.8) is 0 Å². The first kappa shape index (κ1) is 22.1. The van der Waals surface area contributed by atoms with E-state index in [2.05, 4.69) is 4.98 Å². The molecule has 0 spiro atoms. The first-order chi connectivity index (χ1) is 15.9. The number of methoxy groups -OCH3 is 2. The van der Waals surface area contributed by atoms with Gasteiger partial charge < -0.3 is 14.6 Å². The predicted octanol–water partition coefficient (Wildman–Crippen LogP) is 4.34. The number of hydrogen-bond donors (Lipinski definition) is 1. The molecule has 168 valence electrons. The van der Waals surface area contributed by atoms with Gasteiger partial charge in [0.25, 0.3) is 11.7 Å². The lowest BCUT2D eigenvalue weighted by atomic mass is 9.95. The number of rotatable bonds is 5. The molecular weight excluding hydrogens is 420 g/mol. The maximum atomic E-state index is 13.4. The van der Waals surface area contributed by atoms with Crippen LogP contribution in [0, 0.1) is 13.8 Å². The normalized spacial score (nSPS) is 17.3. The molecule has 1 fully saturated rings. The standard InChI is InChI=1S/C26H24N2O5/c1-15-10-11-18(16(2)13-15)28-23(17-7-6-12-27-14-17)22(25(30)26(28)31)24(29)21-19(32-3)8-5-9-20(21)33-4/h5-14,23,29H,1-4H3/b24-22+. The minimum Gasteiger partial charge on any atom is -0.506 e. The summed E-state index contributed by atoms with van der Waals surface area (Å²) in [6.45, 7) is 3.84. The Hall–Kier alpha value is -4.13. The summed E-state index contributed by atoms with van der Waals surface area (Å²) in [5.74, 6) is -1.27. The minimum atomic E-state index is -0.880. The Morgan fingerprint density at radius 2 is 1.70 bits per heavy atom. The molecule has 1 N–H and O–H groups in total. The van der Waals surface area contributed by atoms with Gasteiger partial charge >= 0.3 is 0 Å². The highest BCUT2D eigenvalue weighted by Gasteiger charge is 2.48. The van der Waals surface area contributed by atoms with Gasteiger partial charge in [-0.25, -0.2) is 0 Å². The van der Waals surface area contributed by atoms with E-state index in [1.165, 1.54) is 19.1 Å². The molecular formula is C26H24N2O5. The predicted molar refractivity (Wildman–Crippen MR) is 124 cm³/mol. The number of hydrogen-bond acceptors (Lipinski definition) is 6. The van der Waals surface area contributed by atoms with Gasteiger partial charge in [-0.1, -0.05) is 29.8 Å². The molecule has 1 saturated heterocycles. The van der Waals surface area contributed by atoms with Gasteiger partial charge in [0.2, 0.25) is 0 Å². The molecule has 33 heavy (non-hydrogen) atoms. The highest BCUT2D eigenvalue weighted by Crippen LogP contribution is 2.45. The number of nitrogens with zero attached hydrogens (tertiary/aromatic N) is 2. The van der Waals surface area contributed by atoms with Crippen molar-refractivity contribution in [1.29, 1.82) is 0 Å². The number of amides is 1. The van der Waals surface area contributed by atoms with Crippen LogP contribution in [0.4, 0.5) is 5.69 Å². The van der Waals surface area contributed by atoms with E-state index in [9.17, 15) is 14.7 Å². The summed E-state index contributed by atoms with van der Waals surface area (Å²) >= 11 is 0. The number of aryl methyl sites for hydroxylation is 2. The van der Waals surface area contributed by atoms with Crippen molar-refractivity contribution in [2.45, 2.75) is 19.9 Å². The molecule has 2 aromatic carbocycles. The van der Waals surface area contributed by atoms with Crippen LogP contribution < -0.4 is 14.4 Å². The summed E-state index contributed by atoms with van der Waals surface area (Å²) in [6, 6.07) is 13.3. The molecule has 1 aliphatic rings. The van der Waals surface area contributed by atoms with Crippen LogP contribution in [0.25, 0.3) is 5.76 Å². The molecule has 7 heteroatoms. The Labute approximate surface area is 191 Å². The molecule has 7 nitrogen and oxygen atoms in total. The second-order valence-corrected chi connectivity index (χ2v) is 7.78. The third kappa shape index (κ3) is 3.71. The van der Waals surface area contributed by atoms with Crippen LogP contribution in [0.3, 0.4) is 0 Å². The fourth-order valence-electron chi connectivity index (χ4n) is 4.23. The topological polar surface area (TPSA) is 89.0 Å². The van der Waals surface area contributed by atoms with Crippen molar-refractivity contribution in [2.75, 3.05) is 19.1 Å². The van der Waals surface area contributed by atoms with E-state index in [-0.39, 0.29) is 16.9 Å². The van der Waals surface area contributed by atoms with Gasteiger partial charge in [-0.15, -0.1) is 0 Å². The van der Waals surface area contributed by atoms with E-state index in [1.807, 2.05) is 32.0 Å². The van der Waals surface area contributed by atoms with Crippen LogP contribution in [-0.4, -0.2) is 36.0 Å². The molecule has 1 aromatic heterocycles. The number of ether oxygens (including phenoxy) is 2. The summed E-state index contributed by atoms with van der Waals surface area (Å²) < 4.78 is 10.8. The van der Waals surface area contributed by atoms with Crippen LogP contribution in [0.15, 0.2) is 66.5 Å². The van der Waals surface area contributed by atoms with Gasteiger partial charge in [0.05, 0.1) is 25.8 Å². The fourth-order valence-corrected chi connectivity index (χ4v) is 4.23. The van der Waals surface area contributed by atoms with Crippen molar-refractivity contribution in [2.24, 2.45) is 0 Å². The van der Waals surface area contributed by atoms with Crippen molar-refractivity contribution in [3.05, 3.63) is 88.8 Å². The van der Waals surface area contributed by atoms with E-state index in [1.54, 1.807) is 42.7 Å². The highest BCUT2D eigenvalue weighted by molar-refractivity contribution is 6.51. The highest BCUT2D eigenvalue weighted by atomic mass is 16.5. The first-order valence-corrected chi connectivity index (χ1v) is 10.4. The number of Topliss-reactive ketones (excluding diaryl/α,β-unsaturated/α-hetero) is 1. The second-order valence-electron chi connectivity index (χ2n) is 7.78. The average molecular weight is 444 g/mol. The molecule has 2 heterocycles. The van der Waals surface area contributed by atoms with Crippen LogP contribution in [-0.2, 0) is 9.59 Å². The third-order valence-corrected chi connectivity index (χ3v) is 5.72. The maximum Gasteiger partial charge on any atom is 0.300 e. The van der Waals surface area contributed by atoms with Gasteiger partial charge in [0.15, 0.2) is 0 Å². The Morgan fingerprint density at radius 3 is 2.27 bits per heavy atom. The molecule has 0 aliphatic carbocycles. The lowest BCUT2D eigenvalue weighted by Gasteiger charge is -2.27. The zero-order valence-electron chi connectivity index (χ0n) is 18.8. The molecule has 1 aliphatic heterocycles. The van der Waals surface area contributed by atoms with Crippen LogP contribution in [0.1, 0.15) is 28.3 Å². The van der Waals surface area contributed by atoms with Crippen molar-refractivity contribution < 1.29 is 24.2 Å². The maximum absolute atomic E-state index is 13.4. The molecule has 0 radical (unpaired) electrons. The molecule has 1 unspecified atom stereocenters. The number of pyridine rings is 1. The number of carbonyl (C=O) groups excluding carboxylic acids is 2. The molecule has 1 amide bonds. The Balaban J connectivity index is 2.02. The largest absolute Gasteiger partial charge is 0.506 e. The fraction of sp³-hybridized carbons (Fsp3) is 0.192. The zero-order valence-corrected chi connectivity index (χ0v) is 18.8. The Morgan fingerprint density at radius 1 is 1.00 bits per heavy atom.